The predicted octanol–water partition coefficient (Wildman–Crippen LogP) is 6.27. The van der Waals surface area contributed by atoms with E-state index in [1.165, 1.54) is 51.4 Å². The van der Waals surface area contributed by atoms with Gasteiger partial charge in [0.15, 0.2) is 0 Å². The molecule has 0 aliphatic rings. The lowest BCUT2D eigenvalue weighted by Crippen LogP contribution is -2.00. The highest BCUT2D eigenvalue weighted by Crippen LogP contribution is 2.17. The molecule has 0 aliphatic heterocycles. The fourth-order valence-corrected chi connectivity index (χ4v) is 2.41. The number of halogens is 1. The quantitative estimate of drug-likeness (QED) is 0.311. The van der Waals surface area contributed by atoms with Gasteiger partial charge in [-0.3, -0.25) is 0 Å². The molecule has 0 saturated carbocycles. The standard InChI is InChI=1S/C16H29Br/c1-3-5-7-9-11-13-16(15-17)14-12-10-8-6-4-2/h7-10,16H,3-6,11-15H2,1-2H3. The van der Waals surface area contributed by atoms with Crippen molar-refractivity contribution in [3.63, 3.8) is 0 Å². The van der Waals surface area contributed by atoms with Gasteiger partial charge in [-0.15, -0.1) is 0 Å². The fourth-order valence-electron chi connectivity index (χ4n) is 1.77. The molecule has 0 saturated heterocycles. The Morgan fingerprint density at radius 2 is 1.18 bits per heavy atom. The molecule has 0 aromatic heterocycles. The van der Waals surface area contributed by atoms with E-state index >= 15 is 0 Å². The van der Waals surface area contributed by atoms with Crippen molar-refractivity contribution in [2.75, 3.05) is 5.33 Å². The molecule has 0 aromatic carbocycles. The van der Waals surface area contributed by atoms with Gasteiger partial charge in [-0.1, -0.05) is 66.9 Å². The summed E-state index contributed by atoms with van der Waals surface area (Å²) in [4.78, 5) is 0. The van der Waals surface area contributed by atoms with E-state index in [9.17, 15) is 0 Å². The zero-order valence-electron chi connectivity index (χ0n) is 11.6. The van der Waals surface area contributed by atoms with Crippen molar-refractivity contribution < 1.29 is 0 Å². The lowest BCUT2D eigenvalue weighted by atomic mass is 9.99. The normalized spacial score (nSPS) is 13.8. The van der Waals surface area contributed by atoms with Gasteiger partial charge < -0.3 is 0 Å². The van der Waals surface area contributed by atoms with Crippen molar-refractivity contribution in [1.29, 1.82) is 0 Å². The summed E-state index contributed by atoms with van der Waals surface area (Å²) < 4.78 is 0. The molecule has 0 heterocycles. The molecule has 0 bridgehead atoms. The number of alkyl halides is 1. The van der Waals surface area contributed by atoms with E-state index in [-0.39, 0.29) is 0 Å². The van der Waals surface area contributed by atoms with Crippen molar-refractivity contribution in [3.8, 4) is 0 Å². The number of allylic oxidation sites excluding steroid dienone is 4. The molecule has 0 spiro atoms. The number of hydrogen-bond acceptors (Lipinski definition) is 0. The summed E-state index contributed by atoms with van der Waals surface area (Å²) in [5.74, 6) is 0.840. The van der Waals surface area contributed by atoms with E-state index in [1.54, 1.807) is 0 Å². The van der Waals surface area contributed by atoms with Crippen molar-refractivity contribution in [2.45, 2.75) is 65.2 Å². The molecule has 0 rings (SSSR count). The van der Waals surface area contributed by atoms with Crippen LogP contribution in [0.15, 0.2) is 24.3 Å². The van der Waals surface area contributed by atoms with Gasteiger partial charge >= 0.3 is 0 Å². The second-order valence-electron chi connectivity index (χ2n) is 4.70. The van der Waals surface area contributed by atoms with Crippen LogP contribution < -0.4 is 0 Å². The minimum Gasteiger partial charge on any atom is -0.0925 e. The Kier molecular flexibility index (Phi) is 14.0. The summed E-state index contributed by atoms with van der Waals surface area (Å²) in [6.07, 6.45) is 19.5. The molecule has 0 aliphatic carbocycles. The first-order valence-corrected chi connectivity index (χ1v) is 8.33. The summed E-state index contributed by atoms with van der Waals surface area (Å²) in [6, 6.07) is 0. The van der Waals surface area contributed by atoms with Crippen LogP contribution in [0, 0.1) is 5.92 Å². The molecule has 1 heteroatoms. The van der Waals surface area contributed by atoms with Crippen LogP contribution in [-0.4, -0.2) is 5.33 Å². The third kappa shape index (κ3) is 12.2. The fraction of sp³-hybridized carbons (Fsp3) is 0.750. The number of hydrogen-bond donors (Lipinski definition) is 0. The topological polar surface area (TPSA) is 0 Å². The van der Waals surface area contributed by atoms with Crippen molar-refractivity contribution in [3.05, 3.63) is 24.3 Å². The second kappa shape index (κ2) is 14.0. The molecule has 0 atom stereocenters. The van der Waals surface area contributed by atoms with Crippen LogP contribution in [0.2, 0.25) is 0 Å². The Morgan fingerprint density at radius 1 is 0.765 bits per heavy atom. The average Bonchev–Trinajstić information content (AvgIpc) is 2.36. The van der Waals surface area contributed by atoms with E-state index in [1.807, 2.05) is 0 Å². The van der Waals surface area contributed by atoms with E-state index < -0.39 is 0 Å². The largest absolute Gasteiger partial charge is 0.0925 e. The minimum atomic E-state index is 0.840. The maximum absolute atomic E-state index is 3.63. The van der Waals surface area contributed by atoms with E-state index in [0.717, 1.165) is 11.2 Å². The minimum absolute atomic E-state index is 0.840. The Balaban J connectivity index is 3.55. The Labute approximate surface area is 117 Å². The van der Waals surface area contributed by atoms with Gasteiger partial charge in [-0.2, -0.15) is 0 Å². The van der Waals surface area contributed by atoms with Crippen LogP contribution in [0.3, 0.4) is 0 Å². The van der Waals surface area contributed by atoms with Crippen LogP contribution in [0.4, 0.5) is 0 Å². The molecule has 0 unspecified atom stereocenters. The number of rotatable bonds is 11. The monoisotopic (exact) mass is 300 g/mol. The zero-order chi connectivity index (χ0) is 12.8. The molecule has 0 N–H and O–H groups in total. The summed E-state index contributed by atoms with van der Waals surface area (Å²) >= 11 is 3.63. The predicted molar refractivity (Wildman–Crippen MR) is 83.8 cm³/mol. The molecule has 100 valence electrons. The van der Waals surface area contributed by atoms with Gasteiger partial charge in [0.05, 0.1) is 0 Å². The molecular weight excluding hydrogens is 272 g/mol. The van der Waals surface area contributed by atoms with Crippen molar-refractivity contribution in [1.82, 2.24) is 0 Å². The van der Waals surface area contributed by atoms with Crippen LogP contribution in [0.25, 0.3) is 0 Å². The molecule has 0 amide bonds. The molecular formula is C16H29Br. The highest BCUT2D eigenvalue weighted by molar-refractivity contribution is 9.09. The van der Waals surface area contributed by atoms with Gasteiger partial charge in [-0.05, 0) is 44.4 Å². The van der Waals surface area contributed by atoms with E-state index in [0.29, 0.717) is 0 Å². The first-order chi connectivity index (χ1) is 8.35. The molecule has 0 radical (unpaired) electrons. The van der Waals surface area contributed by atoms with E-state index in [4.69, 9.17) is 0 Å². The van der Waals surface area contributed by atoms with Gasteiger partial charge in [-0.25, -0.2) is 0 Å². The summed E-state index contributed by atoms with van der Waals surface area (Å²) in [7, 11) is 0. The number of unbranched alkanes of at least 4 members (excludes halogenated alkanes) is 2. The zero-order valence-corrected chi connectivity index (χ0v) is 13.2. The van der Waals surface area contributed by atoms with Gasteiger partial charge in [0.1, 0.15) is 0 Å². The van der Waals surface area contributed by atoms with Crippen molar-refractivity contribution in [2.24, 2.45) is 5.92 Å². The Bertz CT molecular complexity index is 174. The van der Waals surface area contributed by atoms with Crippen LogP contribution in [0.5, 0.6) is 0 Å². The lowest BCUT2D eigenvalue weighted by Gasteiger charge is -2.10. The molecule has 0 aromatic rings. The average molecular weight is 301 g/mol. The highest BCUT2D eigenvalue weighted by atomic mass is 79.9. The maximum Gasteiger partial charge on any atom is 0.00598 e. The Hall–Kier alpha value is -0.0400. The van der Waals surface area contributed by atoms with Crippen molar-refractivity contribution >= 4 is 15.9 Å². The van der Waals surface area contributed by atoms with Crippen LogP contribution in [0.1, 0.15) is 65.2 Å². The first kappa shape index (κ1) is 17.0. The smallest absolute Gasteiger partial charge is 0.00598 e. The first-order valence-electron chi connectivity index (χ1n) is 7.21. The van der Waals surface area contributed by atoms with E-state index in [2.05, 4.69) is 54.1 Å². The highest BCUT2D eigenvalue weighted by Gasteiger charge is 2.04. The summed E-state index contributed by atoms with van der Waals surface area (Å²) in [5.41, 5.74) is 0. The molecule has 0 fully saturated rings. The SMILES string of the molecule is CCCC=CCCC(CBr)CCC=CCCC. The van der Waals surface area contributed by atoms with Gasteiger partial charge in [0, 0.05) is 5.33 Å². The maximum atomic E-state index is 3.63. The summed E-state index contributed by atoms with van der Waals surface area (Å²) in [5, 5.41) is 1.15. The third-order valence-electron chi connectivity index (χ3n) is 2.95. The molecule has 17 heavy (non-hydrogen) atoms. The van der Waals surface area contributed by atoms with Crippen LogP contribution in [-0.2, 0) is 0 Å². The summed E-state index contributed by atoms with van der Waals surface area (Å²) in [6.45, 7) is 4.46. The van der Waals surface area contributed by atoms with Crippen LogP contribution >= 0.6 is 15.9 Å². The second-order valence-corrected chi connectivity index (χ2v) is 5.34. The lowest BCUT2D eigenvalue weighted by molar-refractivity contribution is 0.512. The third-order valence-corrected chi connectivity index (χ3v) is 3.86. The van der Waals surface area contributed by atoms with Gasteiger partial charge in [0.2, 0.25) is 0 Å². The molecule has 0 nitrogen and oxygen atoms in total. The van der Waals surface area contributed by atoms with Gasteiger partial charge in [0.25, 0.3) is 0 Å². The Morgan fingerprint density at radius 3 is 1.53 bits per heavy atom.